The Morgan fingerprint density at radius 1 is 1.09 bits per heavy atom. The van der Waals surface area contributed by atoms with Gasteiger partial charge in [-0.05, 0) is 23.6 Å². The SMILES string of the molecule is Fc1cc2c(c(C[n+]3ccc4ccccc4c3)c1)OCOC2. The Morgan fingerprint density at radius 2 is 1.95 bits per heavy atom. The smallest absolute Gasteiger partial charge is 0.189 e. The second-order valence-corrected chi connectivity index (χ2v) is 5.41. The molecule has 0 aliphatic carbocycles. The molecular weight excluding hydrogens is 281 g/mol. The third-order valence-corrected chi connectivity index (χ3v) is 3.85. The average Bonchev–Trinajstić information content (AvgIpc) is 2.54. The van der Waals surface area contributed by atoms with Crippen LogP contribution >= 0.6 is 0 Å². The van der Waals surface area contributed by atoms with Gasteiger partial charge in [-0.15, -0.1) is 0 Å². The number of ether oxygens (including phenoxy) is 2. The van der Waals surface area contributed by atoms with Gasteiger partial charge in [-0.2, -0.15) is 4.57 Å². The van der Waals surface area contributed by atoms with Crippen molar-refractivity contribution in [2.45, 2.75) is 13.2 Å². The molecule has 1 aliphatic heterocycles. The van der Waals surface area contributed by atoms with Crippen LogP contribution in [-0.2, 0) is 17.9 Å². The monoisotopic (exact) mass is 296 g/mol. The van der Waals surface area contributed by atoms with Crippen LogP contribution in [0.3, 0.4) is 0 Å². The molecular formula is C18H15FNO2+. The zero-order chi connectivity index (χ0) is 14.9. The quantitative estimate of drug-likeness (QED) is 0.678. The lowest BCUT2D eigenvalue weighted by Gasteiger charge is -2.19. The van der Waals surface area contributed by atoms with Crippen LogP contribution in [0.4, 0.5) is 4.39 Å². The van der Waals surface area contributed by atoms with Crippen LogP contribution in [0.25, 0.3) is 10.8 Å². The molecule has 110 valence electrons. The van der Waals surface area contributed by atoms with Crippen LogP contribution in [-0.4, -0.2) is 6.79 Å². The minimum atomic E-state index is -0.260. The van der Waals surface area contributed by atoms with Crippen LogP contribution in [0.5, 0.6) is 5.75 Å². The maximum atomic E-state index is 13.8. The van der Waals surface area contributed by atoms with Gasteiger partial charge in [-0.1, -0.05) is 18.2 Å². The molecule has 0 N–H and O–H groups in total. The number of halogens is 1. The normalized spacial score (nSPS) is 13.7. The molecule has 0 saturated carbocycles. The third kappa shape index (κ3) is 2.42. The highest BCUT2D eigenvalue weighted by molar-refractivity contribution is 5.80. The van der Waals surface area contributed by atoms with E-state index in [0.29, 0.717) is 13.2 Å². The van der Waals surface area contributed by atoms with E-state index in [4.69, 9.17) is 9.47 Å². The van der Waals surface area contributed by atoms with E-state index in [-0.39, 0.29) is 12.6 Å². The van der Waals surface area contributed by atoms with Gasteiger partial charge in [-0.3, -0.25) is 0 Å². The summed E-state index contributed by atoms with van der Waals surface area (Å²) in [7, 11) is 0. The number of benzene rings is 2. The molecule has 0 saturated heterocycles. The van der Waals surface area contributed by atoms with E-state index < -0.39 is 0 Å². The predicted molar refractivity (Wildman–Crippen MR) is 79.9 cm³/mol. The summed E-state index contributed by atoms with van der Waals surface area (Å²) in [6.45, 7) is 1.17. The first-order chi connectivity index (χ1) is 10.8. The molecule has 3 nitrogen and oxygen atoms in total. The summed E-state index contributed by atoms with van der Waals surface area (Å²) in [4.78, 5) is 0. The van der Waals surface area contributed by atoms with E-state index in [1.54, 1.807) is 0 Å². The minimum absolute atomic E-state index is 0.216. The summed E-state index contributed by atoms with van der Waals surface area (Å²) in [5.41, 5.74) is 1.60. The summed E-state index contributed by atoms with van der Waals surface area (Å²) in [6, 6.07) is 13.2. The molecule has 2 aromatic carbocycles. The number of nitrogens with zero attached hydrogens (tertiary/aromatic N) is 1. The molecule has 3 aromatic rings. The van der Waals surface area contributed by atoms with Gasteiger partial charge in [0, 0.05) is 17.0 Å². The van der Waals surface area contributed by atoms with Crippen LogP contribution < -0.4 is 9.30 Å². The van der Waals surface area contributed by atoms with Gasteiger partial charge in [0.2, 0.25) is 0 Å². The molecule has 0 fully saturated rings. The van der Waals surface area contributed by atoms with Crippen molar-refractivity contribution in [1.29, 1.82) is 0 Å². The molecule has 0 amide bonds. The maximum Gasteiger partial charge on any atom is 0.189 e. The summed E-state index contributed by atoms with van der Waals surface area (Å²) < 4.78 is 26.6. The molecule has 0 unspecified atom stereocenters. The Morgan fingerprint density at radius 3 is 2.86 bits per heavy atom. The first kappa shape index (κ1) is 13.2. The lowest BCUT2D eigenvalue weighted by Crippen LogP contribution is -2.34. The number of fused-ring (bicyclic) bond motifs is 2. The summed E-state index contributed by atoms with van der Waals surface area (Å²) in [5, 5.41) is 2.34. The van der Waals surface area contributed by atoms with Gasteiger partial charge in [0.25, 0.3) is 0 Å². The molecule has 0 radical (unpaired) electrons. The summed E-state index contributed by atoms with van der Waals surface area (Å²) >= 11 is 0. The molecule has 1 aliphatic rings. The van der Waals surface area contributed by atoms with Gasteiger partial charge in [0.05, 0.1) is 12.2 Å². The van der Waals surface area contributed by atoms with Gasteiger partial charge in [0.1, 0.15) is 11.6 Å². The van der Waals surface area contributed by atoms with Crippen molar-refractivity contribution in [2.75, 3.05) is 6.79 Å². The van der Waals surface area contributed by atoms with Crippen molar-refractivity contribution in [3.63, 3.8) is 0 Å². The van der Waals surface area contributed by atoms with E-state index in [0.717, 1.165) is 22.3 Å². The third-order valence-electron chi connectivity index (χ3n) is 3.85. The molecule has 22 heavy (non-hydrogen) atoms. The summed E-state index contributed by atoms with van der Waals surface area (Å²) in [5.74, 6) is 0.484. The fourth-order valence-corrected chi connectivity index (χ4v) is 2.85. The van der Waals surface area contributed by atoms with E-state index in [2.05, 4.69) is 24.4 Å². The van der Waals surface area contributed by atoms with Crippen LogP contribution in [0.2, 0.25) is 0 Å². The van der Waals surface area contributed by atoms with Crippen LogP contribution in [0, 0.1) is 5.82 Å². The second kappa shape index (κ2) is 5.39. The van der Waals surface area contributed by atoms with E-state index in [9.17, 15) is 4.39 Å². The van der Waals surface area contributed by atoms with E-state index >= 15 is 0 Å². The molecule has 2 heterocycles. The fraction of sp³-hybridized carbons (Fsp3) is 0.167. The Kier molecular flexibility index (Phi) is 3.24. The number of hydrogen-bond donors (Lipinski definition) is 0. The Labute approximate surface area is 127 Å². The highest BCUT2D eigenvalue weighted by Gasteiger charge is 2.19. The number of rotatable bonds is 2. The zero-order valence-corrected chi connectivity index (χ0v) is 12.0. The molecule has 1 aromatic heterocycles. The molecule has 4 rings (SSSR count). The highest BCUT2D eigenvalue weighted by Crippen LogP contribution is 2.29. The standard InChI is InChI=1S/C18H15FNO2/c19-17-7-15(18-16(8-17)11-21-12-22-18)10-20-6-5-13-3-1-2-4-14(13)9-20/h1-9H,10-12H2/q+1. The first-order valence-electron chi connectivity index (χ1n) is 7.19. The van der Waals surface area contributed by atoms with Crippen molar-refractivity contribution < 1.29 is 18.4 Å². The number of hydrogen-bond acceptors (Lipinski definition) is 2. The van der Waals surface area contributed by atoms with Crippen molar-refractivity contribution in [1.82, 2.24) is 0 Å². The fourth-order valence-electron chi connectivity index (χ4n) is 2.85. The first-order valence-corrected chi connectivity index (χ1v) is 7.19. The zero-order valence-electron chi connectivity index (χ0n) is 12.0. The largest absolute Gasteiger partial charge is 0.467 e. The van der Waals surface area contributed by atoms with Crippen molar-refractivity contribution in [3.05, 3.63) is 71.8 Å². The Balaban J connectivity index is 1.74. The minimum Gasteiger partial charge on any atom is -0.467 e. The second-order valence-electron chi connectivity index (χ2n) is 5.41. The van der Waals surface area contributed by atoms with Gasteiger partial charge in [0.15, 0.2) is 25.7 Å². The molecule has 0 spiro atoms. The molecule has 0 bridgehead atoms. The summed E-state index contributed by atoms with van der Waals surface area (Å²) in [6.07, 6.45) is 4.06. The van der Waals surface area contributed by atoms with Gasteiger partial charge < -0.3 is 9.47 Å². The van der Waals surface area contributed by atoms with Gasteiger partial charge >= 0.3 is 0 Å². The Hall–Kier alpha value is -2.46. The van der Waals surface area contributed by atoms with E-state index in [1.165, 1.54) is 17.5 Å². The Bertz CT molecular complexity index is 848. The average molecular weight is 296 g/mol. The van der Waals surface area contributed by atoms with Crippen molar-refractivity contribution in [3.8, 4) is 5.75 Å². The van der Waals surface area contributed by atoms with Crippen molar-refractivity contribution in [2.24, 2.45) is 0 Å². The topological polar surface area (TPSA) is 22.3 Å². The highest BCUT2D eigenvalue weighted by atomic mass is 19.1. The van der Waals surface area contributed by atoms with Crippen LogP contribution in [0.15, 0.2) is 54.9 Å². The van der Waals surface area contributed by atoms with Gasteiger partial charge in [-0.25, -0.2) is 4.39 Å². The number of pyridine rings is 1. The maximum absolute atomic E-state index is 13.8. The van der Waals surface area contributed by atoms with Crippen LogP contribution in [0.1, 0.15) is 11.1 Å². The predicted octanol–water partition coefficient (Wildman–Crippen LogP) is 3.18. The molecule has 4 heteroatoms. The lowest BCUT2D eigenvalue weighted by atomic mass is 10.1. The number of aromatic nitrogens is 1. The lowest BCUT2D eigenvalue weighted by molar-refractivity contribution is -0.687. The van der Waals surface area contributed by atoms with E-state index in [1.807, 2.05) is 22.9 Å². The van der Waals surface area contributed by atoms with Crippen molar-refractivity contribution >= 4 is 10.8 Å². The molecule has 0 atom stereocenters.